The summed E-state index contributed by atoms with van der Waals surface area (Å²) in [5.41, 5.74) is 4.66. The molecule has 1 aromatic rings. The third-order valence-corrected chi connectivity index (χ3v) is 4.53. The van der Waals surface area contributed by atoms with Crippen molar-refractivity contribution < 1.29 is 14.3 Å². The molecule has 1 aromatic carbocycles. The van der Waals surface area contributed by atoms with E-state index in [4.69, 9.17) is 9.47 Å². The Labute approximate surface area is 144 Å². The molecule has 130 valence electrons. The molecule has 0 N–H and O–H groups in total. The highest BCUT2D eigenvalue weighted by atomic mass is 16.6. The molecule has 2 bridgehead atoms. The topological polar surface area (TPSA) is 38.8 Å². The smallest absolute Gasteiger partial charge is 0.411 e. The maximum Gasteiger partial charge on any atom is 0.411 e. The van der Waals surface area contributed by atoms with Crippen LogP contribution in [0.1, 0.15) is 43.9 Å². The van der Waals surface area contributed by atoms with Gasteiger partial charge in [-0.2, -0.15) is 0 Å². The zero-order chi connectivity index (χ0) is 17.5. The summed E-state index contributed by atoms with van der Waals surface area (Å²) in [6.07, 6.45) is 2.74. The number of carbonyl (C=O) groups is 1. The van der Waals surface area contributed by atoms with Gasteiger partial charge in [-0.3, -0.25) is 4.90 Å². The van der Waals surface area contributed by atoms with Crippen LogP contribution in [-0.4, -0.2) is 41.9 Å². The fraction of sp³-hybridized carbons (Fsp3) is 0.550. The molecule has 0 saturated carbocycles. The Morgan fingerprint density at radius 1 is 1.25 bits per heavy atom. The summed E-state index contributed by atoms with van der Waals surface area (Å²) < 4.78 is 11.3. The van der Waals surface area contributed by atoms with Gasteiger partial charge in [-0.05, 0) is 57.7 Å². The second-order valence-electron chi connectivity index (χ2n) is 7.86. The van der Waals surface area contributed by atoms with Crippen molar-refractivity contribution in [2.24, 2.45) is 0 Å². The number of benzene rings is 1. The van der Waals surface area contributed by atoms with Gasteiger partial charge in [0, 0.05) is 0 Å². The van der Waals surface area contributed by atoms with Gasteiger partial charge in [-0.15, -0.1) is 0 Å². The number of amides is 1. The Hall–Kier alpha value is -1.81. The fourth-order valence-corrected chi connectivity index (χ4v) is 3.57. The average Bonchev–Trinajstić information content (AvgIpc) is 2.44. The molecule has 0 radical (unpaired) electrons. The van der Waals surface area contributed by atoms with Crippen LogP contribution < -0.4 is 0 Å². The Morgan fingerprint density at radius 3 is 2.62 bits per heavy atom. The standard InChI is InChI=1S/C20H27NO3/c1-13-6-7-18(14(2)8-13)15-9-16-11-23-12-17(10-15)21(16)19(22)24-20(3,4)5/h6-9,16-17H,10-12H2,1-5H3. The van der Waals surface area contributed by atoms with E-state index in [1.165, 1.54) is 22.3 Å². The summed E-state index contributed by atoms with van der Waals surface area (Å²) in [5.74, 6) is 0. The van der Waals surface area contributed by atoms with Gasteiger partial charge in [0.05, 0.1) is 25.3 Å². The molecule has 1 fully saturated rings. The van der Waals surface area contributed by atoms with Gasteiger partial charge >= 0.3 is 6.09 Å². The van der Waals surface area contributed by atoms with Gasteiger partial charge in [0.15, 0.2) is 0 Å². The summed E-state index contributed by atoms with van der Waals surface area (Å²) in [6.45, 7) is 11.1. The molecule has 3 rings (SSSR count). The van der Waals surface area contributed by atoms with Crippen molar-refractivity contribution in [1.82, 2.24) is 4.90 Å². The van der Waals surface area contributed by atoms with Crippen molar-refractivity contribution in [1.29, 1.82) is 0 Å². The summed E-state index contributed by atoms with van der Waals surface area (Å²) >= 11 is 0. The molecule has 1 amide bonds. The Balaban J connectivity index is 1.88. The predicted molar refractivity (Wildman–Crippen MR) is 95.0 cm³/mol. The normalized spacial score (nSPS) is 23.7. The number of hydrogen-bond donors (Lipinski definition) is 0. The lowest BCUT2D eigenvalue weighted by Gasteiger charge is -2.44. The molecule has 2 heterocycles. The lowest BCUT2D eigenvalue weighted by Crippen LogP contribution is -2.57. The number of fused-ring (bicyclic) bond motifs is 2. The molecule has 0 aromatic heterocycles. The maximum absolute atomic E-state index is 12.6. The summed E-state index contributed by atoms with van der Waals surface area (Å²) in [6, 6.07) is 6.54. The van der Waals surface area contributed by atoms with Crippen molar-refractivity contribution in [3.63, 3.8) is 0 Å². The van der Waals surface area contributed by atoms with E-state index < -0.39 is 5.60 Å². The Morgan fingerprint density at radius 2 is 2.00 bits per heavy atom. The van der Waals surface area contributed by atoms with Crippen LogP contribution in [-0.2, 0) is 9.47 Å². The number of morpholine rings is 1. The quantitative estimate of drug-likeness (QED) is 0.779. The molecule has 2 atom stereocenters. The lowest BCUT2D eigenvalue weighted by molar-refractivity contribution is -0.0510. The number of ether oxygens (including phenoxy) is 2. The van der Waals surface area contributed by atoms with Crippen molar-refractivity contribution >= 4 is 11.7 Å². The van der Waals surface area contributed by atoms with E-state index >= 15 is 0 Å². The number of rotatable bonds is 1. The molecule has 4 heteroatoms. The zero-order valence-corrected chi connectivity index (χ0v) is 15.3. The van der Waals surface area contributed by atoms with Crippen LogP contribution in [0.15, 0.2) is 24.3 Å². The van der Waals surface area contributed by atoms with Crippen molar-refractivity contribution in [3.05, 3.63) is 41.0 Å². The molecule has 24 heavy (non-hydrogen) atoms. The molecule has 0 spiro atoms. The van der Waals surface area contributed by atoms with Gasteiger partial charge in [0.1, 0.15) is 5.60 Å². The highest BCUT2D eigenvalue weighted by Crippen LogP contribution is 2.34. The summed E-state index contributed by atoms with van der Waals surface area (Å²) in [4.78, 5) is 14.5. The molecule has 0 aliphatic carbocycles. The van der Waals surface area contributed by atoms with E-state index in [-0.39, 0.29) is 18.2 Å². The van der Waals surface area contributed by atoms with E-state index in [1.807, 2.05) is 25.7 Å². The molecule has 2 unspecified atom stereocenters. The van der Waals surface area contributed by atoms with E-state index in [1.54, 1.807) is 0 Å². The monoisotopic (exact) mass is 329 g/mol. The number of nitrogens with zero attached hydrogens (tertiary/aromatic N) is 1. The SMILES string of the molecule is Cc1ccc(C2=CC3COCC(C2)N3C(=O)OC(C)(C)C)c(C)c1. The third-order valence-electron chi connectivity index (χ3n) is 4.53. The minimum Gasteiger partial charge on any atom is -0.444 e. The number of aryl methyl sites for hydroxylation is 2. The predicted octanol–water partition coefficient (Wildman–Crippen LogP) is 4.10. The van der Waals surface area contributed by atoms with Crippen LogP contribution >= 0.6 is 0 Å². The first-order valence-corrected chi connectivity index (χ1v) is 8.62. The largest absolute Gasteiger partial charge is 0.444 e. The second-order valence-corrected chi connectivity index (χ2v) is 7.86. The van der Waals surface area contributed by atoms with Gasteiger partial charge in [0.25, 0.3) is 0 Å². The van der Waals surface area contributed by atoms with Crippen molar-refractivity contribution in [3.8, 4) is 0 Å². The summed E-state index contributed by atoms with van der Waals surface area (Å²) in [5, 5.41) is 0. The first-order chi connectivity index (χ1) is 11.2. The van der Waals surface area contributed by atoms with Crippen LogP contribution in [0.25, 0.3) is 5.57 Å². The minimum atomic E-state index is -0.482. The highest BCUT2D eigenvalue weighted by Gasteiger charge is 2.40. The van der Waals surface area contributed by atoms with Gasteiger partial charge < -0.3 is 9.47 Å². The average molecular weight is 329 g/mol. The van der Waals surface area contributed by atoms with Crippen LogP contribution in [0.3, 0.4) is 0 Å². The Bertz CT molecular complexity index is 672. The van der Waals surface area contributed by atoms with Crippen LogP contribution in [0.2, 0.25) is 0 Å². The third kappa shape index (κ3) is 3.48. The van der Waals surface area contributed by atoms with Crippen LogP contribution in [0.4, 0.5) is 4.79 Å². The first kappa shape index (κ1) is 17.0. The minimum absolute atomic E-state index is 0.0410. The zero-order valence-electron chi connectivity index (χ0n) is 15.3. The second kappa shape index (κ2) is 6.25. The number of carbonyl (C=O) groups excluding carboxylic acids is 1. The van der Waals surface area contributed by atoms with E-state index in [0.29, 0.717) is 13.2 Å². The fourth-order valence-electron chi connectivity index (χ4n) is 3.57. The Kier molecular flexibility index (Phi) is 4.43. The molecular formula is C20H27NO3. The van der Waals surface area contributed by atoms with Crippen molar-refractivity contribution in [2.75, 3.05) is 13.2 Å². The van der Waals surface area contributed by atoms with Gasteiger partial charge in [-0.1, -0.05) is 29.8 Å². The number of hydrogen-bond acceptors (Lipinski definition) is 3. The van der Waals surface area contributed by atoms with E-state index in [9.17, 15) is 4.79 Å². The molecule has 4 nitrogen and oxygen atoms in total. The lowest BCUT2D eigenvalue weighted by atomic mass is 9.88. The van der Waals surface area contributed by atoms with Crippen LogP contribution in [0, 0.1) is 13.8 Å². The highest BCUT2D eigenvalue weighted by molar-refractivity contribution is 5.75. The van der Waals surface area contributed by atoms with Gasteiger partial charge in [0.2, 0.25) is 0 Å². The van der Waals surface area contributed by atoms with Gasteiger partial charge in [-0.25, -0.2) is 4.79 Å². The van der Waals surface area contributed by atoms with Crippen LogP contribution in [0.5, 0.6) is 0 Å². The molecule has 1 saturated heterocycles. The molecule has 2 aliphatic heterocycles. The van der Waals surface area contributed by atoms with Crippen molar-refractivity contribution in [2.45, 2.75) is 58.7 Å². The molecular weight excluding hydrogens is 302 g/mol. The first-order valence-electron chi connectivity index (χ1n) is 8.62. The summed E-state index contributed by atoms with van der Waals surface area (Å²) in [7, 11) is 0. The maximum atomic E-state index is 12.6. The molecule has 2 aliphatic rings. The van der Waals surface area contributed by atoms with E-state index in [2.05, 4.69) is 38.1 Å². The van der Waals surface area contributed by atoms with E-state index in [0.717, 1.165) is 6.42 Å².